The van der Waals surface area contributed by atoms with E-state index in [9.17, 15) is 0 Å². The van der Waals surface area contributed by atoms with Gasteiger partial charge in [0.25, 0.3) is 0 Å². The Bertz CT molecular complexity index is 2720. The fourth-order valence-corrected chi connectivity index (χ4v) is 7.05. The highest BCUT2D eigenvalue weighted by molar-refractivity contribution is 6.21. The van der Waals surface area contributed by atoms with Gasteiger partial charge in [0, 0.05) is 28.3 Å². The van der Waals surface area contributed by atoms with Gasteiger partial charge in [-0.05, 0) is 63.0 Å². The lowest BCUT2D eigenvalue weighted by molar-refractivity contribution is 0.649. The van der Waals surface area contributed by atoms with Gasteiger partial charge in [-0.2, -0.15) is 0 Å². The monoisotopic (exact) mass is 614 g/mol. The number of nitrogens with zero attached hydrogens (tertiary/aromatic N) is 4. The molecule has 0 unspecified atom stereocenters. The lowest BCUT2D eigenvalue weighted by Gasteiger charge is -2.18. The van der Waals surface area contributed by atoms with E-state index in [-0.39, 0.29) is 0 Å². The molecule has 0 aliphatic rings. The van der Waals surface area contributed by atoms with Crippen molar-refractivity contribution in [3.8, 4) is 45.0 Å². The standard InChI is InChI=1S/C43H26N4O/c1-3-13-27(14-4-1)35-25-36(28-15-5-2-6-16-28)45-42(44-35)40-32-19-9-7-17-30(32)39(31-18-8-10-20-33(31)40)29-23-24-38-46-41-34-21-11-12-22-37(34)48-43(41)47(38)26-29/h1-26H. The minimum atomic E-state index is 0.697. The highest BCUT2D eigenvalue weighted by atomic mass is 16.3. The Morgan fingerprint density at radius 1 is 0.438 bits per heavy atom. The van der Waals surface area contributed by atoms with Crippen molar-refractivity contribution in [2.45, 2.75) is 0 Å². The van der Waals surface area contributed by atoms with Crippen LogP contribution in [0.25, 0.3) is 94.4 Å². The van der Waals surface area contributed by atoms with Crippen molar-refractivity contribution in [1.82, 2.24) is 19.4 Å². The summed E-state index contributed by atoms with van der Waals surface area (Å²) >= 11 is 0. The molecule has 0 saturated heterocycles. The topological polar surface area (TPSA) is 56.2 Å². The van der Waals surface area contributed by atoms with E-state index < -0.39 is 0 Å². The molecule has 10 aromatic rings. The number of fused-ring (bicyclic) bond motifs is 7. The zero-order chi connectivity index (χ0) is 31.6. The Morgan fingerprint density at radius 3 is 1.56 bits per heavy atom. The number of hydrogen-bond acceptors (Lipinski definition) is 4. The summed E-state index contributed by atoms with van der Waals surface area (Å²) in [7, 11) is 0. The third-order valence-corrected chi connectivity index (χ3v) is 9.23. The highest BCUT2D eigenvalue weighted by Crippen LogP contribution is 2.44. The molecule has 4 aromatic heterocycles. The van der Waals surface area contributed by atoms with Crippen molar-refractivity contribution < 1.29 is 4.42 Å². The van der Waals surface area contributed by atoms with Crippen LogP contribution in [0.2, 0.25) is 0 Å². The van der Waals surface area contributed by atoms with Crippen molar-refractivity contribution >= 4 is 49.4 Å². The zero-order valence-electron chi connectivity index (χ0n) is 25.7. The second kappa shape index (κ2) is 10.5. The Balaban J connectivity index is 1.27. The van der Waals surface area contributed by atoms with Crippen LogP contribution in [-0.4, -0.2) is 19.4 Å². The summed E-state index contributed by atoms with van der Waals surface area (Å²) in [4.78, 5) is 15.4. The van der Waals surface area contributed by atoms with Crippen molar-refractivity contribution in [2.24, 2.45) is 0 Å². The summed E-state index contributed by atoms with van der Waals surface area (Å²) in [5.41, 5.74) is 10.4. The fraction of sp³-hybridized carbons (Fsp3) is 0. The van der Waals surface area contributed by atoms with E-state index in [0.29, 0.717) is 5.82 Å². The Kier molecular flexibility index (Phi) is 5.81. The SMILES string of the molecule is c1ccc(-c2cc(-c3ccccc3)nc(-c3c4ccccc4c(-c4ccc5nc6c7ccccc7oc6n5c4)c4ccccc34)n2)cc1. The molecule has 6 aromatic carbocycles. The number of imidazole rings is 1. The van der Waals surface area contributed by atoms with Crippen LogP contribution in [0.3, 0.4) is 0 Å². The third-order valence-electron chi connectivity index (χ3n) is 9.23. The zero-order valence-corrected chi connectivity index (χ0v) is 25.7. The van der Waals surface area contributed by atoms with Crippen LogP contribution in [-0.2, 0) is 0 Å². The van der Waals surface area contributed by atoms with Gasteiger partial charge in [-0.15, -0.1) is 0 Å². The van der Waals surface area contributed by atoms with E-state index in [2.05, 4.69) is 132 Å². The molecule has 48 heavy (non-hydrogen) atoms. The van der Waals surface area contributed by atoms with Crippen LogP contribution < -0.4 is 0 Å². The van der Waals surface area contributed by atoms with Gasteiger partial charge in [0.1, 0.15) is 16.7 Å². The predicted octanol–water partition coefficient (Wildman–Crippen LogP) is 11.0. The van der Waals surface area contributed by atoms with Crippen LogP contribution in [0, 0.1) is 0 Å². The molecule has 0 saturated carbocycles. The van der Waals surface area contributed by atoms with Gasteiger partial charge < -0.3 is 4.42 Å². The molecule has 0 radical (unpaired) electrons. The average molecular weight is 615 g/mol. The van der Waals surface area contributed by atoms with Gasteiger partial charge in [-0.25, -0.2) is 15.0 Å². The number of aromatic nitrogens is 4. The molecule has 5 heteroatoms. The lowest BCUT2D eigenvalue weighted by Crippen LogP contribution is -1.98. The minimum absolute atomic E-state index is 0.697. The first kappa shape index (κ1) is 26.6. The van der Waals surface area contributed by atoms with Crippen LogP contribution in [0.4, 0.5) is 0 Å². The number of rotatable bonds is 4. The molecular weight excluding hydrogens is 589 g/mol. The highest BCUT2D eigenvalue weighted by Gasteiger charge is 2.21. The molecule has 0 atom stereocenters. The molecular formula is C43H26N4O. The summed E-state index contributed by atoms with van der Waals surface area (Å²) in [5, 5.41) is 5.46. The van der Waals surface area contributed by atoms with E-state index in [1.807, 2.05) is 30.3 Å². The molecule has 0 spiro atoms. The molecule has 0 N–H and O–H groups in total. The van der Waals surface area contributed by atoms with Crippen LogP contribution >= 0.6 is 0 Å². The van der Waals surface area contributed by atoms with Crippen molar-refractivity contribution in [1.29, 1.82) is 0 Å². The van der Waals surface area contributed by atoms with Gasteiger partial charge in [-0.1, -0.05) is 121 Å². The summed E-state index contributed by atoms with van der Waals surface area (Å²) in [6.45, 7) is 0. The number of benzene rings is 6. The first-order valence-corrected chi connectivity index (χ1v) is 16.0. The normalized spacial score (nSPS) is 11.8. The number of hydrogen-bond donors (Lipinski definition) is 0. The predicted molar refractivity (Wildman–Crippen MR) is 195 cm³/mol. The number of pyridine rings is 1. The van der Waals surface area contributed by atoms with Gasteiger partial charge in [0.2, 0.25) is 5.71 Å². The fourth-order valence-electron chi connectivity index (χ4n) is 7.05. The Morgan fingerprint density at radius 2 is 0.958 bits per heavy atom. The molecule has 0 amide bonds. The van der Waals surface area contributed by atoms with Crippen LogP contribution in [0.5, 0.6) is 0 Å². The summed E-state index contributed by atoms with van der Waals surface area (Å²) in [5.74, 6) is 0.697. The summed E-state index contributed by atoms with van der Waals surface area (Å²) in [6.07, 6.45) is 2.15. The van der Waals surface area contributed by atoms with E-state index in [1.165, 1.54) is 0 Å². The largest absolute Gasteiger partial charge is 0.437 e. The van der Waals surface area contributed by atoms with Crippen molar-refractivity contribution in [3.05, 3.63) is 158 Å². The molecule has 0 aliphatic heterocycles. The van der Waals surface area contributed by atoms with E-state index in [4.69, 9.17) is 19.4 Å². The number of furan rings is 1. The second-order valence-corrected chi connectivity index (χ2v) is 12.0. The Hall–Kier alpha value is -6.59. The van der Waals surface area contributed by atoms with Gasteiger partial charge >= 0.3 is 0 Å². The second-order valence-electron chi connectivity index (χ2n) is 12.0. The van der Waals surface area contributed by atoms with E-state index in [1.54, 1.807) is 0 Å². The van der Waals surface area contributed by atoms with Crippen molar-refractivity contribution in [2.75, 3.05) is 0 Å². The van der Waals surface area contributed by atoms with E-state index in [0.717, 1.165) is 88.6 Å². The van der Waals surface area contributed by atoms with Crippen molar-refractivity contribution in [3.63, 3.8) is 0 Å². The van der Waals surface area contributed by atoms with Crippen LogP contribution in [0.1, 0.15) is 0 Å². The summed E-state index contributed by atoms with van der Waals surface area (Å²) < 4.78 is 8.40. The van der Waals surface area contributed by atoms with Gasteiger partial charge in [-0.3, -0.25) is 4.40 Å². The maximum atomic E-state index is 6.33. The molecule has 0 fully saturated rings. The molecule has 224 valence electrons. The first-order valence-electron chi connectivity index (χ1n) is 16.0. The molecule has 0 aliphatic carbocycles. The molecule has 0 bridgehead atoms. The number of para-hydroxylation sites is 1. The first-order chi connectivity index (χ1) is 23.8. The van der Waals surface area contributed by atoms with Crippen LogP contribution in [0.15, 0.2) is 162 Å². The smallest absolute Gasteiger partial charge is 0.232 e. The lowest BCUT2D eigenvalue weighted by atomic mass is 9.88. The quantitative estimate of drug-likeness (QED) is 0.185. The molecule has 10 rings (SSSR count). The third kappa shape index (κ3) is 4.08. The maximum Gasteiger partial charge on any atom is 0.232 e. The molecule has 5 nitrogen and oxygen atoms in total. The molecule has 4 heterocycles. The summed E-state index contributed by atoms with van der Waals surface area (Å²) in [6, 6.07) is 52.3. The van der Waals surface area contributed by atoms with Gasteiger partial charge in [0.15, 0.2) is 5.82 Å². The Labute approximate surface area is 275 Å². The minimum Gasteiger partial charge on any atom is -0.437 e. The average Bonchev–Trinajstić information content (AvgIpc) is 3.70. The van der Waals surface area contributed by atoms with E-state index >= 15 is 0 Å². The van der Waals surface area contributed by atoms with Gasteiger partial charge in [0.05, 0.1) is 11.4 Å². The maximum absolute atomic E-state index is 6.33.